The van der Waals surface area contributed by atoms with E-state index in [-0.39, 0.29) is 6.10 Å². The Hall–Kier alpha value is -0.0400. The van der Waals surface area contributed by atoms with Crippen LogP contribution in [0.5, 0.6) is 0 Å². The molecule has 0 amide bonds. The van der Waals surface area contributed by atoms with E-state index in [0.29, 0.717) is 0 Å². The van der Waals surface area contributed by atoms with Gasteiger partial charge < -0.3 is 4.74 Å². The maximum absolute atomic E-state index is 5.36. The number of hydrogen-bond acceptors (Lipinski definition) is 1. The molecule has 0 aliphatic heterocycles. The Morgan fingerprint density at radius 1 is 1.33 bits per heavy atom. The van der Waals surface area contributed by atoms with Gasteiger partial charge in [0, 0.05) is 6.61 Å². The Bertz CT molecular complexity index is 48.5. The van der Waals surface area contributed by atoms with Crippen molar-refractivity contribution in [1.82, 2.24) is 0 Å². The molecule has 2 radical (unpaired) electrons. The Morgan fingerprint density at radius 2 is 1.89 bits per heavy atom. The average molecular weight is 128 g/mol. The number of ether oxygens (including phenoxy) is 1. The SMILES string of the molecule is [CH2]CC(C[CH2])OCCC. The van der Waals surface area contributed by atoms with E-state index in [1.165, 1.54) is 0 Å². The smallest absolute Gasteiger partial charge is 0.0575 e. The van der Waals surface area contributed by atoms with Gasteiger partial charge in [0.15, 0.2) is 0 Å². The van der Waals surface area contributed by atoms with Crippen LogP contribution in [0.2, 0.25) is 0 Å². The van der Waals surface area contributed by atoms with Crippen molar-refractivity contribution >= 4 is 0 Å². The Kier molecular flexibility index (Phi) is 6.06. The van der Waals surface area contributed by atoms with E-state index in [1.54, 1.807) is 0 Å². The molecule has 9 heavy (non-hydrogen) atoms. The van der Waals surface area contributed by atoms with Gasteiger partial charge in [-0.15, -0.1) is 0 Å². The second-order valence-electron chi connectivity index (χ2n) is 2.07. The van der Waals surface area contributed by atoms with Gasteiger partial charge in [-0.25, -0.2) is 0 Å². The van der Waals surface area contributed by atoms with Crippen LogP contribution in [0.1, 0.15) is 26.2 Å². The van der Waals surface area contributed by atoms with Crippen LogP contribution in [0.15, 0.2) is 0 Å². The van der Waals surface area contributed by atoms with E-state index in [1.807, 2.05) is 0 Å². The Labute approximate surface area is 58.4 Å². The highest BCUT2D eigenvalue weighted by Gasteiger charge is 2.00. The van der Waals surface area contributed by atoms with Gasteiger partial charge in [0.1, 0.15) is 0 Å². The molecular formula is C8H16O. The lowest BCUT2D eigenvalue weighted by molar-refractivity contribution is 0.0570. The lowest BCUT2D eigenvalue weighted by atomic mass is 10.2. The summed E-state index contributed by atoms with van der Waals surface area (Å²) in [5.41, 5.74) is 0. The summed E-state index contributed by atoms with van der Waals surface area (Å²) in [6.07, 6.45) is 3.04. The summed E-state index contributed by atoms with van der Waals surface area (Å²) >= 11 is 0. The van der Waals surface area contributed by atoms with Crippen LogP contribution < -0.4 is 0 Å². The molecule has 0 heterocycles. The molecule has 0 aromatic heterocycles. The van der Waals surface area contributed by atoms with Gasteiger partial charge in [-0.3, -0.25) is 0 Å². The molecule has 1 heteroatoms. The molecule has 0 saturated heterocycles. The van der Waals surface area contributed by atoms with Crippen LogP contribution in [-0.4, -0.2) is 12.7 Å². The highest BCUT2D eigenvalue weighted by molar-refractivity contribution is 4.59. The summed E-state index contributed by atoms with van der Waals surface area (Å²) in [7, 11) is 0. The van der Waals surface area contributed by atoms with Gasteiger partial charge in [0.2, 0.25) is 0 Å². The Balaban J connectivity index is 3.09. The first-order valence-corrected chi connectivity index (χ1v) is 3.55. The second-order valence-corrected chi connectivity index (χ2v) is 2.07. The van der Waals surface area contributed by atoms with Crippen molar-refractivity contribution in [3.63, 3.8) is 0 Å². The minimum Gasteiger partial charge on any atom is -0.378 e. The molecule has 0 aromatic carbocycles. The molecule has 0 spiro atoms. The van der Waals surface area contributed by atoms with Gasteiger partial charge in [-0.1, -0.05) is 20.8 Å². The number of hydrogen-bond donors (Lipinski definition) is 0. The maximum atomic E-state index is 5.36. The second kappa shape index (κ2) is 6.09. The summed E-state index contributed by atoms with van der Waals surface area (Å²) in [6, 6.07) is 0. The zero-order chi connectivity index (χ0) is 7.11. The van der Waals surface area contributed by atoms with E-state index in [4.69, 9.17) is 4.74 Å². The van der Waals surface area contributed by atoms with Gasteiger partial charge in [-0.05, 0) is 19.3 Å². The molecular weight excluding hydrogens is 112 g/mol. The first-order valence-electron chi connectivity index (χ1n) is 3.55. The Morgan fingerprint density at radius 3 is 2.22 bits per heavy atom. The highest BCUT2D eigenvalue weighted by atomic mass is 16.5. The van der Waals surface area contributed by atoms with Crippen molar-refractivity contribution < 1.29 is 4.74 Å². The highest BCUT2D eigenvalue weighted by Crippen LogP contribution is 2.01. The van der Waals surface area contributed by atoms with Gasteiger partial charge in [0.05, 0.1) is 6.10 Å². The van der Waals surface area contributed by atoms with Gasteiger partial charge in [-0.2, -0.15) is 0 Å². The van der Waals surface area contributed by atoms with E-state index < -0.39 is 0 Å². The van der Waals surface area contributed by atoms with Crippen molar-refractivity contribution in [2.45, 2.75) is 32.3 Å². The normalized spacial score (nSPS) is 10.7. The zero-order valence-corrected chi connectivity index (χ0v) is 6.23. The summed E-state index contributed by atoms with van der Waals surface area (Å²) in [5, 5.41) is 0. The minimum absolute atomic E-state index is 0.282. The van der Waals surface area contributed by atoms with Crippen LogP contribution in [0.4, 0.5) is 0 Å². The topological polar surface area (TPSA) is 9.23 Å². The van der Waals surface area contributed by atoms with Crippen LogP contribution in [0.25, 0.3) is 0 Å². The van der Waals surface area contributed by atoms with Crippen molar-refractivity contribution in [2.75, 3.05) is 6.61 Å². The predicted octanol–water partition coefficient (Wildman–Crippen LogP) is 2.23. The summed E-state index contributed by atoms with van der Waals surface area (Å²) in [4.78, 5) is 0. The van der Waals surface area contributed by atoms with Crippen molar-refractivity contribution in [2.24, 2.45) is 0 Å². The molecule has 0 unspecified atom stereocenters. The van der Waals surface area contributed by atoms with Crippen molar-refractivity contribution in [3.8, 4) is 0 Å². The van der Waals surface area contributed by atoms with E-state index in [0.717, 1.165) is 25.9 Å². The minimum atomic E-state index is 0.282. The standard InChI is InChI=1S/C8H16O/c1-4-7-9-8(5-2)6-3/h8H,2-7H2,1H3. The molecule has 0 rings (SSSR count). The van der Waals surface area contributed by atoms with Gasteiger partial charge in [0.25, 0.3) is 0 Å². The third-order valence-corrected chi connectivity index (χ3v) is 1.20. The quantitative estimate of drug-likeness (QED) is 0.551. The molecule has 0 aromatic rings. The molecule has 1 nitrogen and oxygen atoms in total. The maximum Gasteiger partial charge on any atom is 0.0575 e. The van der Waals surface area contributed by atoms with Crippen molar-refractivity contribution in [3.05, 3.63) is 13.8 Å². The molecule has 54 valence electrons. The molecule has 0 bridgehead atoms. The molecule has 0 atom stereocenters. The third-order valence-electron chi connectivity index (χ3n) is 1.20. The van der Waals surface area contributed by atoms with Crippen LogP contribution in [0.3, 0.4) is 0 Å². The fourth-order valence-corrected chi connectivity index (χ4v) is 0.596. The molecule has 0 aliphatic carbocycles. The predicted molar refractivity (Wildman–Crippen MR) is 40.0 cm³/mol. The van der Waals surface area contributed by atoms with E-state index in [2.05, 4.69) is 20.8 Å². The first-order chi connectivity index (χ1) is 4.35. The zero-order valence-electron chi connectivity index (χ0n) is 6.23. The third kappa shape index (κ3) is 4.46. The first kappa shape index (κ1) is 8.96. The fourth-order valence-electron chi connectivity index (χ4n) is 0.596. The fraction of sp³-hybridized carbons (Fsp3) is 0.750. The molecule has 0 saturated carbocycles. The monoisotopic (exact) mass is 128 g/mol. The average Bonchev–Trinajstić information content (AvgIpc) is 1.91. The lowest BCUT2D eigenvalue weighted by Crippen LogP contribution is -2.10. The summed E-state index contributed by atoms with van der Waals surface area (Å²) in [5.74, 6) is 0. The number of rotatable bonds is 5. The summed E-state index contributed by atoms with van der Waals surface area (Å²) in [6.45, 7) is 10.4. The van der Waals surface area contributed by atoms with E-state index >= 15 is 0 Å². The summed E-state index contributed by atoms with van der Waals surface area (Å²) < 4.78 is 5.36. The van der Waals surface area contributed by atoms with Gasteiger partial charge >= 0.3 is 0 Å². The molecule has 0 fully saturated rings. The van der Waals surface area contributed by atoms with E-state index in [9.17, 15) is 0 Å². The van der Waals surface area contributed by atoms with Crippen LogP contribution in [-0.2, 0) is 4.74 Å². The molecule has 0 aliphatic rings. The van der Waals surface area contributed by atoms with Crippen LogP contribution in [0, 0.1) is 13.8 Å². The lowest BCUT2D eigenvalue weighted by Gasteiger charge is -2.11. The van der Waals surface area contributed by atoms with Crippen LogP contribution >= 0.6 is 0 Å². The van der Waals surface area contributed by atoms with Crippen molar-refractivity contribution in [1.29, 1.82) is 0 Å². The largest absolute Gasteiger partial charge is 0.378 e. The molecule has 0 N–H and O–H groups in total.